The molecule has 282 valence electrons. The van der Waals surface area contributed by atoms with E-state index in [1.165, 1.54) is 44.9 Å². The van der Waals surface area contributed by atoms with Gasteiger partial charge in [0.1, 0.15) is 19.8 Å². The summed E-state index contributed by atoms with van der Waals surface area (Å²) in [5, 5.41) is 0. The van der Waals surface area contributed by atoms with Crippen LogP contribution in [0.1, 0.15) is 155 Å². The predicted octanol–water partition coefficient (Wildman–Crippen LogP) is 10.0. The third-order valence-electron chi connectivity index (χ3n) is 7.97. The summed E-state index contributed by atoms with van der Waals surface area (Å²) >= 11 is 0. The maximum absolute atomic E-state index is 12.6. The minimum absolute atomic E-state index is 0.0294. The normalized spacial score (nSPS) is 14.0. The van der Waals surface area contributed by atoms with Gasteiger partial charge in [0.25, 0.3) is 0 Å². The number of carbonyl (C=O) groups is 2. The smallest absolute Gasteiger partial charge is 0.462 e. The van der Waals surface area contributed by atoms with E-state index in [4.69, 9.17) is 18.5 Å². The van der Waals surface area contributed by atoms with Crippen molar-refractivity contribution in [2.75, 3.05) is 47.5 Å². The van der Waals surface area contributed by atoms with Gasteiger partial charge in [-0.05, 0) is 57.8 Å². The molecule has 1 unspecified atom stereocenters. The lowest BCUT2D eigenvalue weighted by atomic mass is 10.1. The van der Waals surface area contributed by atoms with Crippen LogP contribution in [-0.4, -0.2) is 74.9 Å². The fourth-order valence-corrected chi connectivity index (χ4v) is 5.69. The van der Waals surface area contributed by atoms with Crippen molar-refractivity contribution >= 4 is 19.8 Å². The van der Waals surface area contributed by atoms with Gasteiger partial charge in [0, 0.05) is 12.8 Å². The molecule has 0 saturated carbocycles. The summed E-state index contributed by atoms with van der Waals surface area (Å²) in [6.07, 6.45) is 30.9. The highest BCUT2D eigenvalue weighted by molar-refractivity contribution is 7.47. The molecule has 0 radical (unpaired) electrons. The van der Waals surface area contributed by atoms with Crippen molar-refractivity contribution in [1.29, 1.82) is 0 Å². The number of quaternary nitrogens is 1. The first-order valence-corrected chi connectivity index (χ1v) is 20.6. The Bertz CT molecular complexity index is 886. The van der Waals surface area contributed by atoms with E-state index in [1.54, 1.807) is 0 Å². The van der Waals surface area contributed by atoms with Crippen molar-refractivity contribution in [1.82, 2.24) is 0 Å². The number of hydrogen-bond donors (Lipinski definition) is 1. The Morgan fingerprint density at radius 3 is 1.65 bits per heavy atom. The molecule has 2 atom stereocenters. The lowest BCUT2D eigenvalue weighted by molar-refractivity contribution is -0.870. The monoisotopic (exact) mass is 703 g/mol. The van der Waals surface area contributed by atoms with Gasteiger partial charge in [0.2, 0.25) is 0 Å². The molecular weight excluding hydrogens is 629 g/mol. The zero-order chi connectivity index (χ0) is 35.8. The third kappa shape index (κ3) is 34.4. The molecule has 0 saturated heterocycles. The standard InChI is InChI=1S/C38H72NO8P/c1-6-8-10-12-14-16-17-18-19-20-21-23-25-27-29-31-38(41)47-36(35-46-48(42,43)45-33-32-39(3,4)5)34-44-37(40)30-28-26-24-22-15-13-11-9-7-2/h9,11,18-19,36H,6-8,10,12-17,20-35H2,1-5H3/p+1/b11-9+,19-18+/t36-/m1/s1. The van der Waals surface area contributed by atoms with E-state index in [-0.39, 0.29) is 32.0 Å². The molecular formula is C38H73NO8P+. The van der Waals surface area contributed by atoms with Crippen LogP contribution in [0.15, 0.2) is 24.3 Å². The largest absolute Gasteiger partial charge is 0.472 e. The molecule has 0 fully saturated rings. The lowest BCUT2D eigenvalue weighted by Crippen LogP contribution is -2.37. The van der Waals surface area contributed by atoms with Crippen molar-refractivity contribution in [3.05, 3.63) is 24.3 Å². The topological polar surface area (TPSA) is 108 Å². The molecule has 0 spiro atoms. The van der Waals surface area contributed by atoms with E-state index in [1.807, 2.05) is 21.1 Å². The van der Waals surface area contributed by atoms with Crippen LogP contribution in [0, 0.1) is 0 Å². The van der Waals surface area contributed by atoms with E-state index in [2.05, 4.69) is 38.2 Å². The summed E-state index contributed by atoms with van der Waals surface area (Å²) in [4.78, 5) is 35.1. The van der Waals surface area contributed by atoms with Gasteiger partial charge in [-0.1, -0.05) is 109 Å². The Hall–Kier alpha value is -1.51. The second-order valence-corrected chi connectivity index (χ2v) is 15.4. The van der Waals surface area contributed by atoms with Crippen molar-refractivity contribution in [3.8, 4) is 0 Å². The Morgan fingerprint density at radius 2 is 1.12 bits per heavy atom. The molecule has 0 heterocycles. The molecule has 0 aliphatic rings. The summed E-state index contributed by atoms with van der Waals surface area (Å²) in [7, 11) is 1.46. The maximum Gasteiger partial charge on any atom is 0.472 e. The first kappa shape index (κ1) is 46.5. The molecule has 0 aromatic carbocycles. The van der Waals surface area contributed by atoms with Crippen LogP contribution >= 0.6 is 7.82 Å². The molecule has 10 heteroatoms. The predicted molar refractivity (Wildman–Crippen MR) is 197 cm³/mol. The molecule has 0 bridgehead atoms. The van der Waals surface area contributed by atoms with Gasteiger partial charge in [-0.15, -0.1) is 0 Å². The summed E-state index contributed by atoms with van der Waals surface area (Å²) in [6.45, 7) is 4.27. The second-order valence-electron chi connectivity index (χ2n) is 13.9. The number of allylic oxidation sites excluding steroid dienone is 4. The van der Waals surface area contributed by atoms with Gasteiger partial charge in [0.05, 0.1) is 27.7 Å². The third-order valence-corrected chi connectivity index (χ3v) is 8.95. The van der Waals surface area contributed by atoms with Crippen LogP contribution in [0.25, 0.3) is 0 Å². The number of likely N-dealkylation sites (N-methyl/N-ethyl adjacent to an activating group) is 1. The molecule has 0 rings (SSSR count). The minimum Gasteiger partial charge on any atom is -0.462 e. The number of nitrogens with zero attached hydrogens (tertiary/aromatic N) is 1. The average Bonchev–Trinajstić information content (AvgIpc) is 3.02. The summed E-state index contributed by atoms with van der Waals surface area (Å²) in [5.41, 5.74) is 0. The first-order valence-electron chi connectivity index (χ1n) is 19.1. The van der Waals surface area contributed by atoms with Crippen molar-refractivity contribution in [3.63, 3.8) is 0 Å². The van der Waals surface area contributed by atoms with Crippen LogP contribution in [-0.2, 0) is 32.7 Å². The van der Waals surface area contributed by atoms with Crippen LogP contribution in [0.4, 0.5) is 0 Å². The molecule has 48 heavy (non-hydrogen) atoms. The highest BCUT2D eigenvalue weighted by Gasteiger charge is 2.27. The number of esters is 2. The average molecular weight is 703 g/mol. The van der Waals surface area contributed by atoms with Crippen LogP contribution in [0.5, 0.6) is 0 Å². The molecule has 1 N–H and O–H groups in total. The second kappa shape index (κ2) is 31.5. The number of rotatable bonds is 34. The zero-order valence-corrected chi connectivity index (χ0v) is 32.4. The summed E-state index contributed by atoms with van der Waals surface area (Å²) in [6, 6.07) is 0. The Balaban J connectivity index is 4.44. The zero-order valence-electron chi connectivity index (χ0n) is 31.5. The number of unbranched alkanes of at least 4 members (excludes halogenated alkanes) is 16. The van der Waals surface area contributed by atoms with E-state index < -0.39 is 26.5 Å². The van der Waals surface area contributed by atoms with E-state index in [0.29, 0.717) is 17.4 Å². The SMILES string of the molecule is CC/C=C/CCCCCCCC(=O)OC[C@H](COP(=O)(O)OCC[N+](C)(C)C)OC(=O)CCCCCCC/C=C/CCCCCCCC. The number of hydrogen-bond acceptors (Lipinski definition) is 7. The Morgan fingerprint density at radius 1 is 0.646 bits per heavy atom. The van der Waals surface area contributed by atoms with E-state index >= 15 is 0 Å². The van der Waals surface area contributed by atoms with Crippen molar-refractivity contribution < 1.29 is 42.1 Å². The number of phosphoric acid groups is 1. The molecule has 0 aromatic heterocycles. The van der Waals surface area contributed by atoms with Gasteiger partial charge >= 0.3 is 19.8 Å². The number of phosphoric ester groups is 1. The van der Waals surface area contributed by atoms with Crippen molar-refractivity contribution in [2.45, 2.75) is 161 Å². The van der Waals surface area contributed by atoms with E-state index in [0.717, 1.165) is 77.0 Å². The van der Waals surface area contributed by atoms with Gasteiger partial charge in [-0.2, -0.15) is 0 Å². The highest BCUT2D eigenvalue weighted by atomic mass is 31.2. The molecule has 9 nitrogen and oxygen atoms in total. The first-order chi connectivity index (χ1) is 23.0. The lowest BCUT2D eigenvalue weighted by Gasteiger charge is -2.24. The molecule has 0 amide bonds. The minimum atomic E-state index is -4.37. The fourth-order valence-electron chi connectivity index (χ4n) is 4.95. The van der Waals surface area contributed by atoms with Gasteiger partial charge in [-0.3, -0.25) is 18.6 Å². The maximum atomic E-state index is 12.6. The molecule has 0 aliphatic heterocycles. The Labute approximate surface area is 294 Å². The Kier molecular flexibility index (Phi) is 30.5. The molecule has 0 aromatic rings. The molecule has 0 aliphatic carbocycles. The summed E-state index contributed by atoms with van der Waals surface area (Å²) < 4.78 is 34.1. The van der Waals surface area contributed by atoms with E-state index in [9.17, 15) is 19.0 Å². The van der Waals surface area contributed by atoms with Gasteiger partial charge in [0.15, 0.2) is 6.10 Å². The van der Waals surface area contributed by atoms with Crippen LogP contribution < -0.4 is 0 Å². The van der Waals surface area contributed by atoms with Gasteiger partial charge in [-0.25, -0.2) is 4.57 Å². The number of carbonyl (C=O) groups excluding carboxylic acids is 2. The van der Waals surface area contributed by atoms with Crippen LogP contribution in [0.2, 0.25) is 0 Å². The number of ether oxygens (including phenoxy) is 2. The van der Waals surface area contributed by atoms with Crippen LogP contribution in [0.3, 0.4) is 0 Å². The van der Waals surface area contributed by atoms with Crippen molar-refractivity contribution in [2.24, 2.45) is 0 Å². The highest BCUT2D eigenvalue weighted by Crippen LogP contribution is 2.43. The quantitative estimate of drug-likeness (QED) is 0.0232. The van der Waals surface area contributed by atoms with Gasteiger partial charge < -0.3 is 18.9 Å². The fraction of sp³-hybridized carbons (Fsp3) is 0.842. The summed E-state index contributed by atoms with van der Waals surface area (Å²) in [5.74, 6) is -0.824.